The van der Waals surface area contributed by atoms with Gasteiger partial charge in [-0.05, 0) is 62.1 Å². The van der Waals surface area contributed by atoms with Crippen LogP contribution in [0.2, 0.25) is 0 Å². The van der Waals surface area contributed by atoms with Gasteiger partial charge in [-0.1, -0.05) is 12.1 Å². The van der Waals surface area contributed by atoms with E-state index in [-0.39, 0.29) is 13.2 Å². The summed E-state index contributed by atoms with van der Waals surface area (Å²) >= 11 is 0. The van der Waals surface area contributed by atoms with Gasteiger partial charge in [-0.2, -0.15) is 4.98 Å². The number of aryl methyl sites for hydroxylation is 3. The number of aliphatic hydroxyl groups is 2. The first kappa shape index (κ1) is 22.7. The molecule has 0 fully saturated rings. The highest BCUT2D eigenvalue weighted by Gasteiger charge is 2.17. The molecule has 0 aliphatic rings. The van der Waals surface area contributed by atoms with Gasteiger partial charge in [0.05, 0.1) is 12.2 Å². The fourth-order valence-corrected chi connectivity index (χ4v) is 3.37. The molecule has 2 N–H and O–H groups in total. The molecule has 1 aromatic carbocycles. The molecule has 0 unspecified atom stereocenters. The fraction of sp³-hybridized carbons (Fsp3) is 0.435. The van der Waals surface area contributed by atoms with Gasteiger partial charge in [0.2, 0.25) is 5.82 Å². The van der Waals surface area contributed by atoms with Crippen molar-refractivity contribution in [3.8, 4) is 28.6 Å². The summed E-state index contributed by atoms with van der Waals surface area (Å²) in [6.07, 6.45) is 1.57. The van der Waals surface area contributed by atoms with E-state index in [9.17, 15) is 5.11 Å². The molecule has 2 aromatic heterocycles. The summed E-state index contributed by atoms with van der Waals surface area (Å²) in [4.78, 5) is 11.2. The van der Waals surface area contributed by atoms with Crippen LogP contribution in [0.5, 0.6) is 5.75 Å². The second-order valence-electron chi connectivity index (χ2n) is 7.58. The van der Waals surface area contributed by atoms with Gasteiger partial charge >= 0.3 is 0 Å². The van der Waals surface area contributed by atoms with Crippen LogP contribution in [0.4, 0.5) is 5.82 Å². The van der Waals surface area contributed by atoms with E-state index in [1.54, 1.807) is 6.20 Å². The summed E-state index contributed by atoms with van der Waals surface area (Å²) < 4.78 is 11.3. The monoisotopic (exact) mass is 426 g/mol. The Hall–Kier alpha value is -2.97. The van der Waals surface area contributed by atoms with Gasteiger partial charge in [0, 0.05) is 25.4 Å². The minimum atomic E-state index is -0.913. The number of hydrogen-bond donors (Lipinski definition) is 2. The number of anilines is 1. The third-order valence-corrected chi connectivity index (χ3v) is 5.18. The lowest BCUT2D eigenvalue weighted by atomic mass is 10.0. The molecule has 3 rings (SSSR count). The van der Waals surface area contributed by atoms with E-state index in [0.29, 0.717) is 17.5 Å². The minimum Gasteiger partial charge on any atom is -0.490 e. The molecule has 1 atom stereocenters. The average Bonchev–Trinajstić information content (AvgIpc) is 3.27. The van der Waals surface area contributed by atoms with Crippen LogP contribution in [0, 0.1) is 13.8 Å². The maximum Gasteiger partial charge on any atom is 0.259 e. The van der Waals surface area contributed by atoms with Crippen molar-refractivity contribution in [3.63, 3.8) is 0 Å². The maximum absolute atomic E-state index is 9.58. The molecule has 0 aliphatic heterocycles. The van der Waals surface area contributed by atoms with E-state index >= 15 is 0 Å². The molecule has 8 nitrogen and oxygen atoms in total. The minimum absolute atomic E-state index is 0.0333. The van der Waals surface area contributed by atoms with Crippen molar-refractivity contribution in [2.24, 2.45) is 0 Å². The second-order valence-corrected chi connectivity index (χ2v) is 7.58. The fourth-order valence-electron chi connectivity index (χ4n) is 3.37. The van der Waals surface area contributed by atoms with Crippen LogP contribution in [0.25, 0.3) is 22.8 Å². The maximum atomic E-state index is 9.58. The van der Waals surface area contributed by atoms with Crippen molar-refractivity contribution in [3.05, 3.63) is 41.1 Å². The lowest BCUT2D eigenvalue weighted by Gasteiger charge is -2.17. The molecule has 2 heterocycles. The van der Waals surface area contributed by atoms with Crippen LogP contribution < -0.4 is 9.64 Å². The van der Waals surface area contributed by atoms with Crippen LogP contribution in [-0.4, -0.2) is 58.2 Å². The van der Waals surface area contributed by atoms with Gasteiger partial charge in [-0.25, -0.2) is 4.98 Å². The lowest BCUT2D eigenvalue weighted by Crippen LogP contribution is -2.22. The van der Waals surface area contributed by atoms with Crippen molar-refractivity contribution in [1.29, 1.82) is 0 Å². The highest BCUT2D eigenvalue weighted by atomic mass is 16.5. The zero-order valence-electron chi connectivity index (χ0n) is 18.7. The molecule has 8 heteroatoms. The lowest BCUT2D eigenvalue weighted by molar-refractivity contribution is 0.0531. The molecular formula is C23H30N4O4. The molecule has 166 valence electrons. The Labute approximate surface area is 182 Å². The van der Waals surface area contributed by atoms with Crippen molar-refractivity contribution >= 4 is 5.82 Å². The number of ether oxygens (including phenoxy) is 1. The van der Waals surface area contributed by atoms with E-state index < -0.39 is 6.10 Å². The molecule has 0 bridgehead atoms. The third-order valence-electron chi connectivity index (χ3n) is 5.18. The standard InChI is InChI=1S/C23H30N4O4/c1-6-16-10-17(8-14(3)20(16)30-13-19(29)12-28)21-25-23(31-26-21)18-9-15(4)22(24-11-18)27(5)7-2/h8-11,19,28-29H,6-7,12-13H2,1-5H3/t19-/m0/s1. The molecule has 31 heavy (non-hydrogen) atoms. The summed E-state index contributed by atoms with van der Waals surface area (Å²) in [5.74, 6) is 2.54. The van der Waals surface area contributed by atoms with E-state index in [2.05, 4.69) is 26.9 Å². The zero-order valence-corrected chi connectivity index (χ0v) is 18.7. The smallest absolute Gasteiger partial charge is 0.259 e. The first-order chi connectivity index (χ1) is 14.9. The Bertz CT molecular complexity index is 1030. The topological polar surface area (TPSA) is 105 Å². The van der Waals surface area contributed by atoms with Gasteiger partial charge in [0.1, 0.15) is 24.3 Å². The summed E-state index contributed by atoms with van der Waals surface area (Å²) in [6, 6.07) is 5.89. The number of benzene rings is 1. The molecule has 3 aromatic rings. The molecule has 0 amide bonds. The van der Waals surface area contributed by atoms with Gasteiger partial charge in [0.25, 0.3) is 5.89 Å². The predicted octanol–water partition coefficient (Wildman–Crippen LogP) is 3.17. The number of pyridine rings is 1. The highest BCUT2D eigenvalue weighted by Crippen LogP contribution is 2.31. The van der Waals surface area contributed by atoms with Crippen LogP contribution in [0.1, 0.15) is 30.5 Å². The van der Waals surface area contributed by atoms with Crippen molar-refractivity contribution in [2.45, 2.75) is 40.2 Å². The highest BCUT2D eigenvalue weighted by molar-refractivity contribution is 5.64. The Morgan fingerprint density at radius 3 is 2.52 bits per heavy atom. The average molecular weight is 427 g/mol. The predicted molar refractivity (Wildman–Crippen MR) is 119 cm³/mol. The van der Waals surface area contributed by atoms with Gasteiger partial charge in [-0.15, -0.1) is 0 Å². The van der Waals surface area contributed by atoms with Crippen molar-refractivity contribution in [2.75, 3.05) is 31.7 Å². The molecule has 0 aliphatic carbocycles. The Kier molecular flexibility index (Phi) is 7.25. The molecule has 0 radical (unpaired) electrons. The first-order valence-electron chi connectivity index (χ1n) is 10.4. The number of hydrogen-bond acceptors (Lipinski definition) is 8. The molecule has 0 saturated heterocycles. The zero-order chi connectivity index (χ0) is 22.5. The van der Waals surface area contributed by atoms with Gasteiger partial charge < -0.3 is 24.4 Å². The quantitative estimate of drug-likeness (QED) is 0.538. The number of rotatable bonds is 9. The second kappa shape index (κ2) is 9.89. The van der Waals surface area contributed by atoms with E-state index in [1.807, 2.05) is 46.0 Å². The van der Waals surface area contributed by atoms with Crippen molar-refractivity contribution < 1.29 is 19.5 Å². The summed E-state index contributed by atoms with van der Waals surface area (Å²) in [5, 5.41) is 22.8. The van der Waals surface area contributed by atoms with Crippen LogP contribution >= 0.6 is 0 Å². The summed E-state index contributed by atoms with van der Waals surface area (Å²) in [6.45, 7) is 8.62. The van der Waals surface area contributed by atoms with E-state index in [1.165, 1.54) is 0 Å². The largest absolute Gasteiger partial charge is 0.490 e. The molecule has 0 spiro atoms. The molecule has 0 saturated carbocycles. The Morgan fingerprint density at radius 2 is 1.87 bits per heavy atom. The Morgan fingerprint density at radius 1 is 1.13 bits per heavy atom. The SMILES string of the molecule is CCc1cc(-c2noc(-c3cnc(N(C)CC)c(C)c3)n2)cc(C)c1OC[C@@H](O)CO. The van der Waals surface area contributed by atoms with Gasteiger partial charge in [0.15, 0.2) is 0 Å². The van der Waals surface area contributed by atoms with Crippen molar-refractivity contribution in [1.82, 2.24) is 15.1 Å². The number of aliphatic hydroxyl groups excluding tert-OH is 2. The van der Waals surface area contributed by atoms with E-state index in [0.717, 1.165) is 46.6 Å². The third kappa shape index (κ3) is 5.03. The van der Waals surface area contributed by atoms with Crippen LogP contribution in [-0.2, 0) is 6.42 Å². The number of nitrogens with zero attached hydrogens (tertiary/aromatic N) is 4. The Balaban J connectivity index is 1.88. The van der Waals surface area contributed by atoms with E-state index in [4.69, 9.17) is 14.4 Å². The van der Waals surface area contributed by atoms with Crippen LogP contribution in [0.3, 0.4) is 0 Å². The number of aromatic nitrogens is 3. The van der Waals surface area contributed by atoms with Crippen LogP contribution in [0.15, 0.2) is 28.9 Å². The summed E-state index contributed by atoms with van der Waals surface area (Å²) in [5.41, 5.74) is 4.50. The molecular weight excluding hydrogens is 396 g/mol. The van der Waals surface area contributed by atoms with Gasteiger partial charge in [-0.3, -0.25) is 0 Å². The summed E-state index contributed by atoms with van der Waals surface area (Å²) in [7, 11) is 2.01. The first-order valence-corrected chi connectivity index (χ1v) is 10.4. The normalized spacial score (nSPS) is 12.1.